The molecule has 0 bridgehead atoms. The summed E-state index contributed by atoms with van der Waals surface area (Å²) in [6.45, 7) is 7.67. The van der Waals surface area contributed by atoms with Crippen molar-refractivity contribution in [1.29, 1.82) is 0 Å². The van der Waals surface area contributed by atoms with E-state index in [-0.39, 0.29) is 35.4 Å². The van der Waals surface area contributed by atoms with Crippen LogP contribution in [0, 0.1) is 11.2 Å². The van der Waals surface area contributed by atoms with Crippen molar-refractivity contribution < 1.29 is 27.1 Å². The van der Waals surface area contributed by atoms with Crippen LogP contribution in [0.4, 0.5) is 15.8 Å². The number of amides is 1. The number of carbonyl (C=O) groups excluding carboxylic acids is 1. The lowest BCUT2D eigenvalue weighted by molar-refractivity contribution is -0.127. The smallest absolute Gasteiger partial charge is 0.262 e. The molecule has 1 amide bonds. The van der Waals surface area contributed by atoms with Crippen molar-refractivity contribution >= 4 is 27.3 Å². The average Bonchev–Trinajstić information content (AvgIpc) is 2.78. The van der Waals surface area contributed by atoms with E-state index in [4.69, 9.17) is 9.47 Å². The lowest BCUT2D eigenvalue weighted by Crippen LogP contribution is -2.42. The highest BCUT2D eigenvalue weighted by Crippen LogP contribution is 2.38. The van der Waals surface area contributed by atoms with Gasteiger partial charge in [0.25, 0.3) is 10.0 Å². The van der Waals surface area contributed by atoms with Gasteiger partial charge in [0.05, 0.1) is 28.8 Å². The Labute approximate surface area is 175 Å². The van der Waals surface area contributed by atoms with Crippen molar-refractivity contribution in [3.8, 4) is 11.5 Å². The fourth-order valence-electron chi connectivity index (χ4n) is 3.05. The van der Waals surface area contributed by atoms with Crippen molar-refractivity contribution in [3.63, 3.8) is 0 Å². The molecule has 0 aliphatic carbocycles. The molecule has 160 valence electrons. The number of anilines is 2. The molecule has 0 saturated carbocycles. The predicted octanol–water partition coefficient (Wildman–Crippen LogP) is 3.57. The van der Waals surface area contributed by atoms with E-state index in [1.54, 1.807) is 30.9 Å². The van der Waals surface area contributed by atoms with Gasteiger partial charge in [-0.15, -0.1) is 6.58 Å². The van der Waals surface area contributed by atoms with E-state index in [0.29, 0.717) is 11.4 Å². The molecule has 7 nitrogen and oxygen atoms in total. The molecule has 0 fully saturated rings. The van der Waals surface area contributed by atoms with Crippen LogP contribution in [0.25, 0.3) is 0 Å². The zero-order valence-corrected chi connectivity index (χ0v) is 17.8. The van der Waals surface area contributed by atoms with E-state index >= 15 is 0 Å². The molecule has 3 rings (SSSR count). The first kappa shape index (κ1) is 21.6. The molecule has 2 aromatic carbocycles. The van der Waals surface area contributed by atoms with Crippen LogP contribution in [0.3, 0.4) is 0 Å². The summed E-state index contributed by atoms with van der Waals surface area (Å²) in [6.07, 6.45) is 1.61. The summed E-state index contributed by atoms with van der Waals surface area (Å²) in [5, 5.41) is 0. The van der Waals surface area contributed by atoms with E-state index in [0.717, 1.165) is 6.07 Å². The maximum absolute atomic E-state index is 13.9. The molecule has 1 N–H and O–H groups in total. The summed E-state index contributed by atoms with van der Waals surface area (Å²) in [5.41, 5.74) is -0.0258. The van der Waals surface area contributed by atoms with Gasteiger partial charge in [0.15, 0.2) is 11.6 Å². The second-order valence-electron chi connectivity index (χ2n) is 7.46. The van der Waals surface area contributed by atoms with Crippen LogP contribution in [0.15, 0.2) is 53.9 Å². The zero-order valence-electron chi connectivity index (χ0n) is 16.9. The fourth-order valence-corrected chi connectivity index (χ4v) is 4.11. The Kier molecular flexibility index (Phi) is 5.76. The third-order valence-corrected chi connectivity index (χ3v) is 6.04. The fraction of sp³-hybridized carbons (Fsp3) is 0.286. The molecule has 0 saturated heterocycles. The zero-order chi connectivity index (χ0) is 22.1. The van der Waals surface area contributed by atoms with Crippen LogP contribution in [-0.4, -0.2) is 34.6 Å². The van der Waals surface area contributed by atoms with E-state index < -0.39 is 21.3 Å². The average molecular weight is 434 g/mol. The first-order valence-electron chi connectivity index (χ1n) is 9.15. The number of fused-ring (bicyclic) bond motifs is 1. The Morgan fingerprint density at radius 2 is 2.03 bits per heavy atom. The van der Waals surface area contributed by atoms with Gasteiger partial charge >= 0.3 is 0 Å². The number of rotatable bonds is 6. The largest absolute Gasteiger partial charge is 0.494 e. The molecule has 0 aromatic heterocycles. The number of hydrogen-bond acceptors (Lipinski definition) is 5. The van der Waals surface area contributed by atoms with Crippen LogP contribution in [0.2, 0.25) is 0 Å². The van der Waals surface area contributed by atoms with Crippen molar-refractivity contribution in [3.05, 3.63) is 54.9 Å². The van der Waals surface area contributed by atoms with Crippen LogP contribution in [0.5, 0.6) is 11.5 Å². The first-order valence-corrected chi connectivity index (χ1v) is 10.6. The molecule has 1 aliphatic heterocycles. The second kappa shape index (κ2) is 7.98. The molecule has 0 spiro atoms. The Morgan fingerprint density at radius 1 is 1.30 bits per heavy atom. The van der Waals surface area contributed by atoms with Gasteiger partial charge in [0.2, 0.25) is 5.91 Å². The Balaban J connectivity index is 1.94. The molecule has 9 heteroatoms. The van der Waals surface area contributed by atoms with Crippen molar-refractivity contribution in [1.82, 2.24) is 0 Å². The molecular weight excluding hydrogens is 411 g/mol. The third kappa shape index (κ3) is 4.11. The number of hydrogen-bond donors (Lipinski definition) is 1. The van der Waals surface area contributed by atoms with Gasteiger partial charge < -0.3 is 14.4 Å². The van der Waals surface area contributed by atoms with Gasteiger partial charge in [0, 0.05) is 12.6 Å². The van der Waals surface area contributed by atoms with Crippen molar-refractivity contribution in [2.75, 3.05) is 29.9 Å². The lowest BCUT2D eigenvalue weighted by Gasteiger charge is -2.27. The highest BCUT2D eigenvalue weighted by atomic mass is 32.2. The summed E-state index contributed by atoms with van der Waals surface area (Å²) in [4.78, 5) is 14.1. The Morgan fingerprint density at radius 3 is 2.67 bits per heavy atom. The highest BCUT2D eigenvalue weighted by molar-refractivity contribution is 7.92. The molecule has 0 atom stereocenters. The third-order valence-electron chi connectivity index (χ3n) is 4.66. The number of nitrogens with one attached hydrogen (secondary N) is 1. The summed E-state index contributed by atoms with van der Waals surface area (Å²) < 4.78 is 52.3. The topological polar surface area (TPSA) is 84.9 Å². The van der Waals surface area contributed by atoms with E-state index in [2.05, 4.69) is 11.3 Å². The number of methoxy groups -OCH3 is 1. The number of carbonyl (C=O) groups is 1. The van der Waals surface area contributed by atoms with Crippen LogP contribution >= 0.6 is 0 Å². The molecule has 0 unspecified atom stereocenters. The molecule has 2 aromatic rings. The van der Waals surface area contributed by atoms with E-state index in [1.165, 1.54) is 31.4 Å². The van der Waals surface area contributed by atoms with Gasteiger partial charge in [-0.2, -0.15) is 0 Å². The minimum Gasteiger partial charge on any atom is -0.494 e. The SMILES string of the molecule is C=CCN1C(=O)C(C)(C)COc2cc(NS(=O)(=O)c3ccc(OC)c(F)c3)ccc21. The Hall–Kier alpha value is -3.07. The van der Waals surface area contributed by atoms with E-state index in [9.17, 15) is 17.6 Å². The highest BCUT2D eigenvalue weighted by Gasteiger charge is 2.37. The van der Waals surface area contributed by atoms with Crippen molar-refractivity contribution in [2.45, 2.75) is 18.7 Å². The molecule has 30 heavy (non-hydrogen) atoms. The number of halogens is 1. The molecule has 1 heterocycles. The van der Waals surface area contributed by atoms with Crippen LogP contribution in [0.1, 0.15) is 13.8 Å². The molecular formula is C21H23FN2O5S. The normalized spacial score (nSPS) is 15.6. The van der Waals surface area contributed by atoms with Crippen molar-refractivity contribution in [2.24, 2.45) is 5.41 Å². The maximum atomic E-state index is 13.9. The molecule has 1 aliphatic rings. The van der Waals surface area contributed by atoms with Crippen LogP contribution in [-0.2, 0) is 14.8 Å². The minimum atomic E-state index is -4.05. The van der Waals surface area contributed by atoms with Gasteiger partial charge in [-0.3, -0.25) is 9.52 Å². The number of ether oxygens (including phenoxy) is 2. The first-order chi connectivity index (χ1) is 14.1. The number of nitrogens with zero attached hydrogens (tertiary/aromatic N) is 1. The quantitative estimate of drug-likeness (QED) is 0.703. The summed E-state index contributed by atoms with van der Waals surface area (Å²) in [5.74, 6) is -0.603. The monoisotopic (exact) mass is 434 g/mol. The maximum Gasteiger partial charge on any atom is 0.262 e. The van der Waals surface area contributed by atoms with Gasteiger partial charge in [-0.1, -0.05) is 6.08 Å². The number of benzene rings is 2. The van der Waals surface area contributed by atoms with E-state index in [1.807, 2.05) is 0 Å². The molecule has 0 radical (unpaired) electrons. The van der Waals surface area contributed by atoms with Gasteiger partial charge in [0.1, 0.15) is 12.4 Å². The Bertz CT molecular complexity index is 1100. The summed E-state index contributed by atoms with van der Waals surface area (Å²) >= 11 is 0. The van der Waals surface area contributed by atoms with Gasteiger partial charge in [-0.05, 0) is 44.2 Å². The van der Waals surface area contributed by atoms with Gasteiger partial charge in [-0.25, -0.2) is 12.8 Å². The second-order valence-corrected chi connectivity index (χ2v) is 9.14. The lowest BCUT2D eigenvalue weighted by atomic mass is 9.93. The standard InChI is InChI=1S/C21H23FN2O5S/c1-5-10-24-17-8-6-14(11-19(17)29-13-21(2,3)20(24)25)23-30(26,27)15-7-9-18(28-4)16(22)12-15/h5-9,11-12,23H,1,10,13H2,2-4H3. The summed E-state index contributed by atoms with van der Waals surface area (Å²) in [7, 11) is -2.76. The number of sulfonamides is 1. The summed E-state index contributed by atoms with van der Waals surface area (Å²) in [6, 6.07) is 7.99. The van der Waals surface area contributed by atoms with Crippen LogP contribution < -0.4 is 19.1 Å². The minimum absolute atomic E-state index is 0.0537. The predicted molar refractivity (Wildman–Crippen MR) is 112 cm³/mol.